The monoisotopic (exact) mass is 312 g/mol. The summed E-state index contributed by atoms with van der Waals surface area (Å²) in [6, 6.07) is 1.53. The number of hydrazine groups is 1. The van der Waals surface area contributed by atoms with Gasteiger partial charge in [0.2, 0.25) is 5.91 Å². The molecule has 1 heterocycles. The average Bonchev–Trinajstić information content (AvgIpc) is 2.45. The number of nitrogens with one attached hydrogen (secondary N) is 2. The molecule has 0 bridgehead atoms. The third-order valence-corrected chi connectivity index (χ3v) is 5.32. The Balaban J connectivity index is 2.91. The lowest BCUT2D eigenvalue weighted by molar-refractivity contribution is -0.119. The predicted molar refractivity (Wildman–Crippen MR) is 60.9 cm³/mol. The first kappa shape index (κ1) is 12.6. The van der Waals surface area contributed by atoms with Gasteiger partial charge in [0, 0.05) is 6.92 Å². The van der Waals surface area contributed by atoms with E-state index in [2.05, 4.69) is 15.9 Å². The van der Waals surface area contributed by atoms with E-state index in [-0.39, 0.29) is 4.21 Å². The van der Waals surface area contributed by atoms with Gasteiger partial charge in [0.15, 0.2) is 0 Å². The van der Waals surface area contributed by atoms with E-state index in [1.165, 1.54) is 13.0 Å². The van der Waals surface area contributed by atoms with E-state index in [9.17, 15) is 13.2 Å². The number of halogens is 1. The number of hydrogen-bond donors (Lipinski definition) is 2. The van der Waals surface area contributed by atoms with E-state index in [4.69, 9.17) is 0 Å². The van der Waals surface area contributed by atoms with Crippen LogP contribution in [0.1, 0.15) is 12.5 Å². The Bertz CT molecular complexity index is 461. The van der Waals surface area contributed by atoms with Crippen LogP contribution in [0.15, 0.2) is 14.1 Å². The Morgan fingerprint density at radius 1 is 1.53 bits per heavy atom. The standard InChI is InChI=1S/C7H9BrN2O3S2/c1-4-3-6(14-7(4)8)15(12,13)10-9-5(2)11/h3,10H,1-2H3,(H,9,11). The molecule has 8 heteroatoms. The number of aryl methyl sites for hydroxylation is 1. The third-order valence-electron chi connectivity index (χ3n) is 1.46. The molecule has 1 rings (SSSR count). The Morgan fingerprint density at radius 2 is 2.13 bits per heavy atom. The summed E-state index contributed by atoms with van der Waals surface area (Å²) < 4.78 is 24.0. The van der Waals surface area contributed by atoms with Crippen molar-refractivity contribution in [3.05, 3.63) is 15.4 Å². The summed E-state index contributed by atoms with van der Waals surface area (Å²) in [5.41, 5.74) is 2.86. The minimum Gasteiger partial charge on any atom is -0.278 e. The number of sulfonamides is 1. The zero-order valence-electron chi connectivity index (χ0n) is 8.00. The van der Waals surface area contributed by atoms with Gasteiger partial charge in [-0.15, -0.1) is 16.2 Å². The van der Waals surface area contributed by atoms with Crippen molar-refractivity contribution < 1.29 is 13.2 Å². The lowest BCUT2D eigenvalue weighted by atomic mass is 10.4. The fourth-order valence-electron chi connectivity index (χ4n) is 0.754. The highest BCUT2D eigenvalue weighted by molar-refractivity contribution is 9.11. The molecule has 84 valence electrons. The van der Waals surface area contributed by atoms with Gasteiger partial charge in [0.1, 0.15) is 4.21 Å². The molecular formula is C7H9BrN2O3S2. The van der Waals surface area contributed by atoms with Crippen molar-refractivity contribution in [2.24, 2.45) is 0 Å². The molecule has 0 saturated heterocycles. The Kier molecular flexibility index (Phi) is 3.87. The highest BCUT2D eigenvalue weighted by Crippen LogP contribution is 2.30. The summed E-state index contributed by atoms with van der Waals surface area (Å²) in [6.45, 7) is 3.01. The molecule has 1 aromatic rings. The topological polar surface area (TPSA) is 75.3 Å². The highest BCUT2D eigenvalue weighted by atomic mass is 79.9. The minimum absolute atomic E-state index is 0.153. The molecule has 2 N–H and O–H groups in total. The number of amides is 1. The molecule has 0 aliphatic carbocycles. The van der Waals surface area contributed by atoms with Crippen LogP contribution in [0.3, 0.4) is 0 Å². The molecule has 0 aliphatic rings. The summed E-state index contributed by atoms with van der Waals surface area (Å²) in [6.07, 6.45) is 0. The zero-order chi connectivity index (χ0) is 11.6. The van der Waals surface area contributed by atoms with Crippen molar-refractivity contribution in [1.82, 2.24) is 10.3 Å². The van der Waals surface area contributed by atoms with Crippen molar-refractivity contribution in [3.63, 3.8) is 0 Å². The van der Waals surface area contributed by atoms with E-state index in [1.54, 1.807) is 6.92 Å². The van der Waals surface area contributed by atoms with Crippen LogP contribution in [-0.2, 0) is 14.8 Å². The van der Waals surface area contributed by atoms with Gasteiger partial charge in [-0.05, 0) is 34.5 Å². The summed E-state index contributed by atoms with van der Waals surface area (Å²) in [4.78, 5) is 12.5. The second-order valence-corrected chi connectivity index (χ2v) is 7.09. The molecule has 15 heavy (non-hydrogen) atoms. The summed E-state index contributed by atoms with van der Waals surface area (Å²) in [7, 11) is -3.65. The van der Waals surface area contributed by atoms with Gasteiger partial charge in [-0.3, -0.25) is 10.2 Å². The van der Waals surface area contributed by atoms with Gasteiger partial charge in [-0.25, -0.2) is 8.42 Å². The fourth-order valence-corrected chi connectivity index (χ4v) is 3.87. The maximum Gasteiger partial charge on any atom is 0.266 e. The smallest absolute Gasteiger partial charge is 0.266 e. The summed E-state index contributed by atoms with van der Waals surface area (Å²) >= 11 is 4.32. The molecule has 0 radical (unpaired) electrons. The molecule has 0 unspecified atom stereocenters. The molecule has 0 fully saturated rings. The maximum absolute atomic E-state index is 11.6. The van der Waals surface area contributed by atoms with Crippen molar-refractivity contribution in [2.75, 3.05) is 0 Å². The van der Waals surface area contributed by atoms with E-state index < -0.39 is 15.9 Å². The van der Waals surface area contributed by atoms with Crippen LogP contribution in [-0.4, -0.2) is 14.3 Å². The number of carbonyl (C=O) groups excluding carboxylic acids is 1. The van der Waals surface area contributed by atoms with Crippen LogP contribution >= 0.6 is 27.3 Å². The summed E-state index contributed by atoms with van der Waals surface area (Å²) in [5, 5.41) is 0. The van der Waals surface area contributed by atoms with E-state index in [0.717, 1.165) is 20.7 Å². The maximum atomic E-state index is 11.6. The van der Waals surface area contributed by atoms with Gasteiger partial charge in [0.05, 0.1) is 3.79 Å². The first-order chi connectivity index (χ1) is 6.83. The molecule has 0 atom stereocenters. The van der Waals surface area contributed by atoms with Crippen LogP contribution in [0.2, 0.25) is 0 Å². The van der Waals surface area contributed by atoms with E-state index in [1.807, 2.05) is 10.3 Å². The molecular weight excluding hydrogens is 304 g/mol. The largest absolute Gasteiger partial charge is 0.278 e. The normalized spacial score (nSPS) is 11.4. The molecule has 0 aromatic carbocycles. The number of rotatable bonds is 3. The highest BCUT2D eigenvalue weighted by Gasteiger charge is 2.18. The lowest BCUT2D eigenvalue weighted by Crippen LogP contribution is -2.39. The van der Waals surface area contributed by atoms with Gasteiger partial charge in [-0.2, -0.15) is 0 Å². The van der Waals surface area contributed by atoms with Crippen molar-refractivity contribution in [1.29, 1.82) is 0 Å². The number of thiophene rings is 1. The Morgan fingerprint density at radius 3 is 2.53 bits per heavy atom. The molecule has 0 saturated carbocycles. The van der Waals surface area contributed by atoms with Crippen molar-refractivity contribution in [3.8, 4) is 0 Å². The average molecular weight is 313 g/mol. The zero-order valence-corrected chi connectivity index (χ0v) is 11.2. The molecule has 5 nitrogen and oxygen atoms in total. The van der Waals surface area contributed by atoms with Gasteiger partial charge >= 0.3 is 0 Å². The molecule has 0 aliphatic heterocycles. The van der Waals surface area contributed by atoms with Crippen molar-refractivity contribution in [2.45, 2.75) is 18.1 Å². The Labute approximate surface area is 100 Å². The van der Waals surface area contributed by atoms with Gasteiger partial charge in [-0.1, -0.05) is 0 Å². The van der Waals surface area contributed by atoms with Crippen LogP contribution in [0, 0.1) is 6.92 Å². The second-order valence-electron chi connectivity index (χ2n) is 2.81. The SMILES string of the molecule is CC(=O)NNS(=O)(=O)c1cc(C)c(Br)s1. The van der Waals surface area contributed by atoms with Gasteiger partial charge in [0.25, 0.3) is 10.0 Å². The van der Waals surface area contributed by atoms with Crippen LogP contribution in [0.5, 0.6) is 0 Å². The van der Waals surface area contributed by atoms with E-state index >= 15 is 0 Å². The Hall–Kier alpha value is -0.440. The third kappa shape index (κ3) is 3.26. The summed E-state index contributed by atoms with van der Waals surface area (Å²) in [5.74, 6) is -0.467. The van der Waals surface area contributed by atoms with E-state index in [0.29, 0.717) is 0 Å². The fraction of sp³-hybridized carbons (Fsp3) is 0.286. The molecule has 1 aromatic heterocycles. The van der Waals surface area contributed by atoms with Crippen LogP contribution in [0.25, 0.3) is 0 Å². The molecule has 1 amide bonds. The minimum atomic E-state index is -3.65. The first-order valence-electron chi connectivity index (χ1n) is 3.87. The predicted octanol–water partition coefficient (Wildman–Crippen LogP) is 1.15. The number of hydrogen-bond acceptors (Lipinski definition) is 4. The first-order valence-corrected chi connectivity index (χ1v) is 6.96. The van der Waals surface area contributed by atoms with Crippen molar-refractivity contribution >= 4 is 43.2 Å². The lowest BCUT2D eigenvalue weighted by Gasteiger charge is -2.03. The molecule has 0 spiro atoms. The quantitative estimate of drug-likeness (QED) is 0.822. The number of carbonyl (C=O) groups is 1. The van der Waals surface area contributed by atoms with Gasteiger partial charge < -0.3 is 0 Å². The second kappa shape index (κ2) is 4.60. The van der Waals surface area contributed by atoms with Crippen LogP contribution < -0.4 is 10.3 Å². The van der Waals surface area contributed by atoms with Crippen LogP contribution in [0.4, 0.5) is 0 Å².